The monoisotopic (exact) mass is 207 g/mol. The molecule has 2 rings (SSSR count). The van der Waals surface area contributed by atoms with Crippen LogP contribution in [0.3, 0.4) is 0 Å². The Kier molecular flexibility index (Phi) is 2.17. The number of methoxy groups -OCH3 is 1. The zero-order chi connectivity index (χ0) is 10.8. The Balaban J connectivity index is 2.47. The maximum absolute atomic E-state index is 11.0. The molecule has 0 bridgehead atoms. The maximum Gasteiger partial charge on any atom is 0.411 e. The maximum atomic E-state index is 11.0. The molecule has 1 amide bonds. The van der Waals surface area contributed by atoms with Gasteiger partial charge in [0.15, 0.2) is 11.4 Å². The largest absolute Gasteiger partial charge is 0.453 e. The van der Waals surface area contributed by atoms with Gasteiger partial charge < -0.3 is 15.0 Å². The molecular weight excluding hydrogens is 198 g/mol. The van der Waals surface area contributed by atoms with E-state index in [9.17, 15) is 4.79 Å². The van der Waals surface area contributed by atoms with Gasteiger partial charge >= 0.3 is 6.09 Å². The summed E-state index contributed by atoms with van der Waals surface area (Å²) in [5.74, 6) is 0.290. The fourth-order valence-electron chi connectivity index (χ4n) is 1.24. The van der Waals surface area contributed by atoms with Crippen LogP contribution < -0.4 is 11.1 Å². The van der Waals surface area contributed by atoms with Crippen LogP contribution in [0, 0.1) is 0 Å². The molecule has 0 unspecified atom stereocenters. The molecule has 0 atom stereocenters. The lowest BCUT2D eigenvalue weighted by molar-refractivity contribution is 0.187. The molecule has 0 saturated carbocycles. The number of hydrogen-bond acceptors (Lipinski definition) is 5. The number of rotatable bonds is 1. The Bertz CT molecular complexity index is 506. The zero-order valence-corrected chi connectivity index (χ0v) is 7.98. The molecular formula is C9H9N3O3. The third-order valence-electron chi connectivity index (χ3n) is 1.95. The fraction of sp³-hybridized carbons (Fsp3) is 0.111. The topological polar surface area (TPSA) is 90.4 Å². The second-order valence-electron chi connectivity index (χ2n) is 2.87. The molecule has 0 aliphatic carbocycles. The van der Waals surface area contributed by atoms with Crippen molar-refractivity contribution in [3.05, 3.63) is 18.2 Å². The molecule has 1 aromatic heterocycles. The molecule has 15 heavy (non-hydrogen) atoms. The first-order chi connectivity index (χ1) is 7.22. The van der Waals surface area contributed by atoms with Crippen molar-refractivity contribution in [2.24, 2.45) is 0 Å². The van der Waals surface area contributed by atoms with Gasteiger partial charge in [-0.1, -0.05) is 11.2 Å². The molecule has 0 saturated heterocycles. The lowest BCUT2D eigenvalue weighted by Crippen LogP contribution is -2.10. The Morgan fingerprint density at radius 1 is 1.60 bits per heavy atom. The van der Waals surface area contributed by atoms with Gasteiger partial charge in [0, 0.05) is 0 Å². The van der Waals surface area contributed by atoms with Crippen molar-refractivity contribution in [3.63, 3.8) is 0 Å². The van der Waals surface area contributed by atoms with E-state index in [-0.39, 0.29) is 0 Å². The van der Waals surface area contributed by atoms with Crippen LogP contribution in [-0.2, 0) is 4.74 Å². The average Bonchev–Trinajstić information content (AvgIpc) is 2.62. The zero-order valence-electron chi connectivity index (χ0n) is 7.98. The van der Waals surface area contributed by atoms with Gasteiger partial charge in [-0.3, -0.25) is 5.32 Å². The van der Waals surface area contributed by atoms with Crippen LogP contribution in [0.4, 0.5) is 16.3 Å². The minimum absolute atomic E-state index is 0.290. The van der Waals surface area contributed by atoms with Gasteiger partial charge in [0.05, 0.1) is 18.2 Å². The van der Waals surface area contributed by atoms with Gasteiger partial charge in [0.25, 0.3) is 0 Å². The third kappa shape index (κ3) is 1.56. The third-order valence-corrected chi connectivity index (χ3v) is 1.95. The second-order valence-corrected chi connectivity index (χ2v) is 2.87. The molecule has 2 aromatic rings. The summed E-state index contributed by atoms with van der Waals surface area (Å²) in [7, 11) is 1.28. The second kappa shape index (κ2) is 3.49. The van der Waals surface area contributed by atoms with Crippen molar-refractivity contribution in [1.29, 1.82) is 0 Å². The van der Waals surface area contributed by atoms with Gasteiger partial charge in [-0.25, -0.2) is 4.79 Å². The number of nitrogens with zero attached hydrogens (tertiary/aromatic N) is 1. The van der Waals surface area contributed by atoms with Crippen molar-refractivity contribution in [3.8, 4) is 0 Å². The number of nitrogen functional groups attached to an aromatic ring is 1. The van der Waals surface area contributed by atoms with Gasteiger partial charge in [0.2, 0.25) is 0 Å². The summed E-state index contributed by atoms with van der Waals surface area (Å²) < 4.78 is 9.45. The molecule has 0 aliphatic heterocycles. The smallest absolute Gasteiger partial charge is 0.411 e. The highest BCUT2D eigenvalue weighted by atomic mass is 16.5. The Labute approximate surface area is 85.0 Å². The summed E-state index contributed by atoms with van der Waals surface area (Å²) in [5, 5.41) is 6.75. The Morgan fingerprint density at radius 2 is 2.40 bits per heavy atom. The standard InChI is InChI=1S/C9H9N3O3/c1-14-9(13)11-6-4-2-3-5-7(6)15-12-8(5)10/h2-4H,1H3,(H2,10,12)(H,11,13). The molecule has 0 radical (unpaired) electrons. The molecule has 3 N–H and O–H groups in total. The number of para-hydroxylation sites is 1. The Hall–Kier alpha value is -2.24. The van der Waals surface area contributed by atoms with Gasteiger partial charge in [-0.05, 0) is 12.1 Å². The number of hydrogen-bond donors (Lipinski definition) is 2. The molecule has 0 spiro atoms. The summed E-state index contributed by atoms with van der Waals surface area (Å²) >= 11 is 0. The van der Waals surface area contributed by atoms with Crippen LogP contribution in [0.1, 0.15) is 0 Å². The van der Waals surface area contributed by atoms with E-state index < -0.39 is 6.09 Å². The highest BCUT2D eigenvalue weighted by molar-refractivity contribution is 6.00. The van der Waals surface area contributed by atoms with E-state index in [1.54, 1.807) is 18.2 Å². The number of amides is 1. The SMILES string of the molecule is COC(=O)Nc1cccc2c(N)noc12. The van der Waals surface area contributed by atoms with Crippen LogP contribution in [0.2, 0.25) is 0 Å². The molecule has 78 valence electrons. The van der Waals surface area contributed by atoms with Gasteiger partial charge in [-0.2, -0.15) is 0 Å². The summed E-state index contributed by atoms with van der Waals surface area (Å²) in [4.78, 5) is 11.0. The highest BCUT2D eigenvalue weighted by Gasteiger charge is 2.11. The summed E-state index contributed by atoms with van der Waals surface area (Å²) in [6.45, 7) is 0. The molecule has 0 aliphatic rings. The van der Waals surface area contributed by atoms with Crippen molar-refractivity contribution >= 4 is 28.6 Å². The quantitative estimate of drug-likeness (QED) is 0.740. The average molecular weight is 207 g/mol. The number of nitrogens with two attached hydrogens (primary N) is 1. The van der Waals surface area contributed by atoms with Crippen LogP contribution in [-0.4, -0.2) is 18.4 Å². The van der Waals surface area contributed by atoms with Crippen molar-refractivity contribution in [1.82, 2.24) is 5.16 Å². The predicted octanol–water partition coefficient (Wildman–Crippen LogP) is 1.59. The molecule has 1 aromatic carbocycles. The van der Waals surface area contributed by atoms with Crippen molar-refractivity contribution in [2.45, 2.75) is 0 Å². The van der Waals surface area contributed by atoms with Gasteiger partial charge in [0.1, 0.15) is 0 Å². The summed E-state index contributed by atoms with van der Waals surface area (Å²) in [5.41, 5.74) is 6.47. The Morgan fingerprint density at radius 3 is 3.13 bits per heavy atom. The lowest BCUT2D eigenvalue weighted by atomic mass is 10.2. The van der Waals surface area contributed by atoms with Crippen molar-refractivity contribution in [2.75, 3.05) is 18.2 Å². The number of carbonyl (C=O) groups is 1. The number of ether oxygens (including phenoxy) is 1. The number of carbonyl (C=O) groups excluding carboxylic acids is 1. The van der Waals surface area contributed by atoms with Crippen LogP contribution in [0.25, 0.3) is 11.0 Å². The van der Waals surface area contributed by atoms with E-state index in [0.717, 1.165) is 0 Å². The first-order valence-corrected chi connectivity index (χ1v) is 4.21. The number of aromatic nitrogens is 1. The first kappa shape index (κ1) is 9.32. The fourth-order valence-corrected chi connectivity index (χ4v) is 1.24. The van der Waals surface area contributed by atoms with E-state index in [0.29, 0.717) is 22.5 Å². The number of nitrogens with one attached hydrogen (secondary N) is 1. The predicted molar refractivity (Wildman–Crippen MR) is 54.4 cm³/mol. The van der Waals surface area contributed by atoms with Crippen LogP contribution >= 0.6 is 0 Å². The van der Waals surface area contributed by atoms with E-state index in [4.69, 9.17) is 10.3 Å². The minimum atomic E-state index is -0.572. The lowest BCUT2D eigenvalue weighted by Gasteiger charge is -2.02. The number of fused-ring (bicyclic) bond motifs is 1. The first-order valence-electron chi connectivity index (χ1n) is 4.21. The van der Waals surface area contributed by atoms with Crippen LogP contribution in [0.15, 0.2) is 22.7 Å². The molecule has 1 heterocycles. The molecule has 6 nitrogen and oxygen atoms in total. The van der Waals surface area contributed by atoms with Crippen molar-refractivity contribution < 1.29 is 14.1 Å². The minimum Gasteiger partial charge on any atom is -0.453 e. The van der Waals surface area contributed by atoms with E-state index in [1.165, 1.54) is 7.11 Å². The summed E-state index contributed by atoms with van der Waals surface area (Å²) in [6.07, 6.45) is -0.572. The highest BCUT2D eigenvalue weighted by Crippen LogP contribution is 2.27. The van der Waals surface area contributed by atoms with Crippen LogP contribution in [0.5, 0.6) is 0 Å². The van der Waals surface area contributed by atoms with E-state index >= 15 is 0 Å². The summed E-state index contributed by atoms with van der Waals surface area (Å²) in [6, 6.07) is 5.16. The van der Waals surface area contributed by atoms with Gasteiger partial charge in [-0.15, -0.1) is 0 Å². The molecule has 0 fully saturated rings. The number of benzene rings is 1. The van der Waals surface area contributed by atoms with E-state index in [2.05, 4.69) is 15.2 Å². The number of anilines is 2. The molecule has 6 heteroatoms. The normalized spacial score (nSPS) is 10.2. The van der Waals surface area contributed by atoms with E-state index in [1.807, 2.05) is 0 Å².